The Morgan fingerprint density at radius 1 is 0.973 bits per heavy atom. The Morgan fingerprint density at radius 2 is 1.59 bits per heavy atom. The zero-order valence-corrected chi connectivity index (χ0v) is 21.2. The Hall–Kier alpha value is -2.63. The molecule has 9 nitrogen and oxygen atoms in total. The number of aliphatic hydroxyl groups excluding tert-OH is 3. The standard InChI is InChI=1S/C28H38N2O7/c1-19-17-30-20(25(19)33)13-9-5-3-4-6-10-14-22(37-27-24(29)26(34)21(31)18-36-27)28(2,35)16-12-8-7-11-15-23(30)32/h3-16,19-22,24-27,31,33-35H,17-18,29H2,1-2H3/b5-3+,6-4+,8-7+,13-9-,14-10-,15-11+,16-12+/t19-,20+,21+,22-,24?,25+,26-,27-,28+/m0/s1. The van der Waals surface area contributed by atoms with Crippen LogP contribution in [0.15, 0.2) is 85.1 Å². The quantitative estimate of drug-likeness (QED) is 0.361. The first-order valence-corrected chi connectivity index (χ1v) is 12.4. The second kappa shape index (κ2) is 13.3. The minimum absolute atomic E-state index is 0.0309. The summed E-state index contributed by atoms with van der Waals surface area (Å²) in [5.74, 6) is -0.231. The lowest BCUT2D eigenvalue weighted by Crippen LogP contribution is -2.59. The van der Waals surface area contributed by atoms with E-state index in [0.717, 1.165) is 0 Å². The van der Waals surface area contributed by atoms with E-state index >= 15 is 0 Å². The van der Waals surface area contributed by atoms with E-state index in [1.54, 1.807) is 78.7 Å². The lowest BCUT2D eigenvalue weighted by atomic mass is 9.96. The van der Waals surface area contributed by atoms with Crippen LogP contribution in [0.4, 0.5) is 0 Å². The molecular weight excluding hydrogens is 476 g/mol. The molecule has 9 heteroatoms. The van der Waals surface area contributed by atoms with Crippen LogP contribution in [0, 0.1) is 5.92 Å². The lowest BCUT2D eigenvalue weighted by molar-refractivity contribution is -0.251. The van der Waals surface area contributed by atoms with Crippen LogP contribution in [0.3, 0.4) is 0 Å². The number of hydrogen-bond acceptors (Lipinski definition) is 8. The second-order valence-corrected chi connectivity index (χ2v) is 9.71. The number of fused-ring (bicyclic) bond motifs is 1. The van der Waals surface area contributed by atoms with E-state index in [1.165, 1.54) is 12.2 Å². The van der Waals surface area contributed by atoms with E-state index in [4.69, 9.17) is 15.2 Å². The molecule has 0 bridgehead atoms. The molecule has 6 N–H and O–H groups in total. The molecule has 0 aromatic carbocycles. The van der Waals surface area contributed by atoms with Crippen LogP contribution in [0.2, 0.25) is 0 Å². The number of rotatable bonds is 2. The molecule has 37 heavy (non-hydrogen) atoms. The fourth-order valence-corrected chi connectivity index (χ4v) is 4.30. The van der Waals surface area contributed by atoms with Gasteiger partial charge in [0, 0.05) is 18.5 Å². The van der Waals surface area contributed by atoms with E-state index in [2.05, 4.69) is 0 Å². The highest BCUT2D eigenvalue weighted by Gasteiger charge is 2.41. The number of hydrogen-bond donors (Lipinski definition) is 5. The molecule has 3 aliphatic heterocycles. The molecule has 1 amide bonds. The van der Waals surface area contributed by atoms with E-state index < -0.39 is 48.4 Å². The van der Waals surface area contributed by atoms with Crippen LogP contribution in [0.1, 0.15) is 13.8 Å². The maximum absolute atomic E-state index is 12.7. The maximum Gasteiger partial charge on any atom is 0.247 e. The third kappa shape index (κ3) is 7.68. The predicted octanol–water partition coefficient (Wildman–Crippen LogP) is 0.643. The highest BCUT2D eigenvalue weighted by molar-refractivity contribution is 5.88. The van der Waals surface area contributed by atoms with Gasteiger partial charge in [0.1, 0.15) is 23.9 Å². The van der Waals surface area contributed by atoms with Crippen molar-refractivity contribution >= 4 is 5.91 Å². The second-order valence-electron chi connectivity index (χ2n) is 9.71. The summed E-state index contributed by atoms with van der Waals surface area (Å²) in [5, 5.41) is 41.5. The Labute approximate surface area is 217 Å². The molecule has 0 radical (unpaired) electrons. The van der Waals surface area contributed by atoms with Gasteiger partial charge in [0.15, 0.2) is 6.29 Å². The summed E-state index contributed by atoms with van der Waals surface area (Å²) in [5.41, 5.74) is 4.49. The van der Waals surface area contributed by atoms with Crippen molar-refractivity contribution < 1.29 is 34.7 Å². The number of carbonyl (C=O) groups is 1. The number of nitrogens with two attached hydrogens (primary N) is 1. The van der Waals surface area contributed by atoms with Gasteiger partial charge in [-0.1, -0.05) is 85.9 Å². The van der Waals surface area contributed by atoms with Gasteiger partial charge in [-0.15, -0.1) is 0 Å². The van der Waals surface area contributed by atoms with Gasteiger partial charge in [-0.2, -0.15) is 0 Å². The Bertz CT molecular complexity index is 981. The minimum atomic E-state index is -1.49. The van der Waals surface area contributed by atoms with E-state index in [0.29, 0.717) is 6.54 Å². The number of ether oxygens (including phenoxy) is 2. The molecule has 3 aliphatic rings. The molecule has 0 spiro atoms. The molecule has 3 rings (SSSR count). The molecule has 0 aliphatic carbocycles. The third-order valence-electron chi connectivity index (χ3n) is 6.61. The molecule has 9 atom stereocenters. The van der Waals surface area contributed by atoms with Gasteiger partial charge in [0.2, 0.25) is 5.91 Å². The summed E-state index contributed by atoms with van der Waals surface area (Å²) < 4.78 is 11.4. The van der Waals surface area contributed by atoms with Gasteiger partial charge in [-0.25, -0.2) is 0 Å². The Balaban J connectivity index is 1.83. The largest absolute Gasteiger partial charge is 0.390 e. The van der Waals surface area contributed by atoms with Gasteiger partial charge in [-0.05, 0) is 6.92 Å². The van der Waals surface area contributed by atoms with Gasteiger partial charge in [0.05, 0.1) is 24.8 Å². The molecule has 202 valence electrons. The predicted molar refractivity (Wildman–Crippen MR) is 140 cm³/mol. The van der Waals surface area contributed by atoms with Crippen LogP contribution >= 0.6 is 0 Å². The highest BCUT2D eigenvalue weighted by atomic mass is 16.7. The first kappa shape index (κ1) is 28.9. The summed E-state index contributed by atoms with van der Waals surface area (Å²) in [4.78, 5) is 14.4. The van der Waals surface area contributed by atoms with Crippen molar-refractivity contribution in [3.63, 3.8) is 0 Å². The van der Waals surface area contributed by atoms with E-state index in [1.807, 2.05) is 13.0 Å². The monoisotopic (exact) mass is 514 g/mol. The SMILES string of the molecule is C[C@H]1CN2C(=O)/C=C/C=C/C=C/[C@@](C)(O)[C@@H](O[C@@H]3OC[C@@H](O)[C@H](O)C3N)\C=C/C=C/C=C/C=C\[C@@H]2[C@@H]1O. The van der Waals surface area contributed by atoms with Crippen LogP contribution in [-0.4, -0.2) is 92.8 Å². The first-order valence-electron chi connectivity index (χ1n) is 12.4. The van der Waals surface area contributed by atoms with Gasteiger partial charge in [-0.3, -0.25) is 4.79 Å². The molecule has 0 saturated carbocycles. The van der Waals surface area contributed by atoms with Gasteiger partial charge >= 0.3 is 0 Å². The van der Waals surface area contributed by atoms with Crippen molar-refractivity contribution in [2.75, 3.05) is 13.2 Å². The molecular formula is C28H38N2O7. The van der Waals surface area contributed by atoms with Crippen LogP contribution in [-0.2, 0) is 14.3 Å². The number of allylic oxidation sites excluding steroid dienone is 10. The topological polar surface area (TPSA) is 146 Å². The highest BCUT2D eigenvalue weighted by Crippen LogP contribution is 2.26. The smallest absolute Gasteiger partial charge is 0.247 e. The average molecular weight is 515 g/mol. The van der Waals surface area contributed by atoms with Crippen LogP contribution in [0.25, 0.3) is 0 Å². The van der Waals surface area contributed by atoms with Crippen LogP contribution in [0.5, 0.6) is 0 Å². The fourth-order valence-electron chi connectivity index (χ4n) is 4.30. The maximum atomic E-state index is 12.7. The summed E-state index contributed by atoms with van der Waals surface area (Å²) in [7, 11) is 0. The molecule has 3 heterocycles. The van der Waals surface area contributed by atoms with E-state index in [9.17, 15) is 25.2 Å². The van der Waals surface area contributed by atoms with Crippen molar-refractivity contribution in [2.45, 2.75) is 62.2 Å². The zero-order valence-electron chi connectivity index (χ0n) is 21.2. The third-order valence-corrected chi connectivity index (χ3v) is 6.61. The summed E-state index contributed by atoms with van der Waals surface area (Å²) in [6.45, 7) is 3.79. The summed E-state index contributed by atoms with van der Waals surface area (Å²) in [6, 6.07) is -1.41. The molecule has 2 fully saturated rings. The minimum Gasteiger partial charge on any atom is -0.390 e. The van der Waals surface area contributed by atoms with Crippen molar-refractivity contribution in [1.82, 2.24) is 4.90 Å². The van der Waals surface area contributed by atoms with Crippen molar-refractivity contribution in [3.05, 3.63) is 85.1 Å². The van der Waals surface area contributed by atoms with Gasteiger partial charge in [0.25, 0.3) is 0 Å². The Morgan fingerprint density at radius 3 is 2.32 bits per heavy atom. The molecule has 0 aromatic rings. The number of amides is 1. The van der Waals surface area contributed by atoms with Gasteiger partial charge < -0.3 is 40.5 Å². The number of carbonyl (C=O) groups excluding carboxylic acids is 1. The normalized spacial score (nSPS) is 45.5. The van der Waals surface area contributed by atoms with Crippen LogP contribution < -0.4 is 5.73 Å². The van der Waals surface area contributed by atoms with Crippen molar-refractivity contribution in [3.8, 4) is 0 Å². The average Bonchev–Trinajstić information content (AvgIpc) is 3.14. The Kier molecular flexibility index (Phi) is 10.4. The first-order chi connectivity index (χ1) is 17.6. The zero-order chi connectivity index (χ0) is 27.0. The molecule has 1 unspecified atom stereocenters. The fraction of sp³-hybridized carbons (Fsp3) is 0.464. The number of aliphatic hydroxyl groups is 4. The number of nitrogens with zero attached hydrogens (tertiary/aromatic N) is 1. The van der Waals surface area contributed by atoms with Crippen molar-refractivity contribution in [2.24, 2.45) is 11.7 Å². The van der Waals surface area contributed by atoms with E-state index in [-0.39, 0.29) is 18.4 Å². The molecule has 0 aromatic heterocycles. The van der Waals surface area contributed by atoms with Crippen molar-refractivity contribution in [1.29, 1.82) is 0 Å². The lowest BCUT2D eigenvalue weighted by Gasteiger charge is -2.39. The summed E-state index contributed by atoms with van der Waals surface area (Å²) in [6.07, 6.45) is 18.7. The molecule has 2 saturated heterocycles. The summed E-state index contributed by atoms with van der Waals surface area (Å²) >= 11 is 0.